The second kappa shape index (κ2) is 7.17. The zero-order valence-electron chi connectivity index (χ0n) is 15.2. The van der Waals surface area contributed by atoms with Gasteiger partial charge in [0, 0.05) is 31.5 Å². The van der Waals surface area contributed by atoms with Crippen molar-refractivity contribution in [3.8, 4) is 0 Å². The second-order valence-corrected chi connectivity index (χ2v) is 8.64. The van der Waals surface area contributed by atoms with E-state index in [1.165, 1.54) is 0 Å². The predicted octanol–water partition coefficient (Wildman–Crippen LogP) is 2.93. The number of aromatic nitrogens is 2. The average molecular weight is 382 g/mol. The van der Waals surface area contributed by atoms with E-state index in [4.69, 9.17) is 0 Å². The van der Waals surface area contributed by atoms with Crippen molar-refractivity contribution in [3.63, 3.8) is 0 Å². The Hall–Kier alpha value is -2.64. The van der Waals surface area contributed by atoms with Gasteiger partial charge in [-0.1, -0.05) is 36.4 Å². The third-order valence-electron chi connectivity index (χ3n) is 4.93. The molecule has 0 saturated carbocycles. The molecule has 0 fully saturated rings. The Bertz CT molecular complexity index is 1030. The number of nitrogens with zero attached hydrogens (tertiary/aromatic N) is 3. The molecule has 0 atom stereocenters. The summed E-state index contributed by atoms with van der Waals surface area (Å²) < 4.78 is 28.2. The van der Waals surface area contributed by atoms with Crippen molar-refractivity contribution in [1.82, 2.24) is 14.3 Å². The molecule has 0 aliphatic carbocycles. The summed E-state index contributed by atoms with van der Waals surface area (Å²) in [5, 5.41) is 0. The molecule has 3 aromatic rings. The number of aryl methyl sites for hydroxylation is 1. The zero-order chi connectivity index (χ0) is 18.9. The number of H-pyrrole nitrogens is 1. The molecule has 1 aliphatic heterocycles. The Labute approximate surface area is 159 Å². The predicted molar refractivity (Wildman–Crippen MR) is 105 cm³/mol. The number of aromatic amines is 1. The Morgan fingerprint density at radius 1 is 1.07 bits per heavy atom. The third kappa shape index (κ3) is 3.48. The smallest absolute Gasteiger partial charge is 0.243 e. The van der Waals surface area contributed by atoms with Crippen molar-refractivity contribution in [1.29, 1.82) is 0 Å². The van der Waals surface area contributed by atoms with E-state index in [1.54, 1.807) is 29.0 Å². The van der Waals surface area contributed by atoms with E-state index in [0.29, 0.717) is 31.1 Å². The Kier molecular flexibility index (Phi) is 4.72. The average Bonchev–Trinajstić information content (AvgIpc) is 3.10. The fraction of sp³-hybridized carbons (Fsp3) is 0.250. The molecule has 6 nitrogen and oxygen atoms in total. The molecule has 4 rings (SSSR count). The van der Waals surface area contributed by atoms with Crippen molar-refractivity contribution in [3.05, 3.63) is 77.9 Å². The van der Waals surface area contributed by atoms with Crippen LogP contribution >= 0.6 is 0 Å². The van der Waals surface area contributed by atoms with E-state index in [1.807, 2.05) is 37.3 Å². The van der Waals surface area contributed by atoms with Crippen LogP contribution in [-0.2, 0) is 23.1 Å². The first kappa shape index (κ1) is 17.8. The van der Waals surface area contributed by atoms with Crippen molar-refractivity contribution >= 4 is 15.7 Å². The normalized spacial score (nSPS) is 15.4. The number of hydrogen-bond donors (Lipinski definition) is 1. The van der Waals surface area contributed by atoms with E-state index >= 15 is 0 Å². The van der Waals surface area contributed by atoms with Gasteiger partial charge in [-0.15, -0.1) is 0 Å². The van der Waals surface area contributed by atoms with Gasteiger partial charge in [-0.25, -0.2) is 13.4 Å². The van der Waals surface area contributed by atoms with Gasteiger partial charge in [0.05, 0.1) is 23.5 Å². The largest absolute Gasteiger partial charge is 0.364 e. The highest BCUT2D eigenvalue weighted by Crippen LogP contribution is 2.29. The summed E-state index contributed by atoms with van der Waals surface area (Å²) in [4.78, 5) is 9.79. The van der Waals surface area contributed by atoms with Gasteiger partial charge in [0.1, 0.15) is 0 Å². The van der Waals surface area contributed by atoms with Crippen LogP contribution in [0.15, 0.2) is 66.0 Å². The van der Waals surface area contributed by atoms with E-state index in [9.17, 15) is 8.42 Å². The minimum absolute atomic E-state index is 0.367. The summed E-state index contributed by atoms with van der Waals surface area (Å²) in [6.45, 7) is 3.91. The van der Waals surface area contributed by atoms with Crippen molar-refractivity contribution in [2.24, 2.45) is 0 Å². The van der Waals surface area contributed by atoms with Crippen LogP contribution in [0, 0.1) is 6.92 Å². The number of para-hydroxylation sites is 1. The summed E-state index contributed by atoms with van der Waals surface area (Å²) in [5.74, 6) is 0. The van der Waals surface area contributed by atoms with Crippen molar-refractivity contribution in [2.45, 2.75) is 24.9 Å². The number of rotatable bonds is 4. The van der Waals surface area contributed by atoms with Crippen LogP contribution in [0.4, 0.5) is 5.69 Å². The third-order valence-corrected chi connectivity index (χ3v) is 6.93. The number of anilines is 1. The van der Waals surface area contributed by atoms with Gasteiger partial charge in [0.25, 0.3) is 0 Å². The van der Waals surface area contributed by atoms with Crippen LogP contribution in [0.2, 0.25) is 0 Å². The summed E-state index contributed by atoms with van der Waals surface area (Å²) in [6, 6.07) is 15.2. The second-order valence-electron chi connectivity index (χ2n) is 6.73. The monoisotopic (exact) mass is 382 g/mol. The topological polar surface area (TPSA) is 69.3 Å². The maximum atomic E-state index is 13.3. The molecule has 2 heterocycles. The molecule has 1 N–H and O–H groups in total. The number of sulfonamides is 1. The molecule has 0 unspecified atom stereocenters. The van der Waals surface area contributed by atoms with Crippen LogP contribution in [-0.4, -0.2) is 35.8 Å². The highest BCUT2D eigenvalue weighted by molar-refractivity contribution is 7.89. The molecular weight excluding hydrogens is 360 g/mol. The van der Waals surface area contributed by atoms with Crippen LogP contribution in [0.1, 0.15) is 16.8 Å². The zero-order valence-corrected chi connectivity index (χ0v) is 16.0. The SMILES string of the molecule is Cc1ccccc1S(=O)(=O)N1CCN(Cc2cnc[nH]2)c2ccccc2C1. The molecule has 27 heavy (non-hydrogen) atoms. The maximum absolute atomic E-state index is 13.3. The molecule has 0 amide bonds. The van der Waals surface area contributed by atoms with Gasteiger partial charge < -0.3 is 9.88 Å². The lowest BCUT2D eigenvalue weighted by Crippen LogP contribution is -2.35. The number of benzene rings is 2. The van der Waals surface area contributed by atoms with Crippen molar-refractivity contribution < 1.29 is 8.42 Å². The van der Waals surface area contributed by atoms with Crippen molar-refractivity contribution in [2.75, 3.05) is 18.0 Å². The van der Waals surface area contributed by atoms with Gasteiger partial charge in [-0.3, -0.25) is 0 Å². The molecule has 2 aromatic carbocycles. The lowest BCUT2D eigenvalue weighted by atomic mass is 10.1. The fourth-order valence-corrected chi connectivity index (χ4v) is 5.14. The van der Waals surface area contributed by atoms with Gasteiger partial charge >= 0.3 is 0 Å². The summed E-state index contributed by atoms with van der Waals surface area (Å²) in [5.41, 5.74) is 3.84. The van der Waals surface area contributed by atoms with Gasteiger partial charge in [-0.05, 0) is 30.2 Å². The fourth-order valence-electron chi connectivity index (χ4n) is 3.51. The van der Waals surface area contributed by atoms with Gasteiger partial charge in [-0.2, -0.15) is 4.31 Å². The highest BCUT2D eigenvalue weighted by atomic mass is 32.2. The highest BCUT2D eigenvalue weighted by Gasteiger charge is 2.30. The minimum Gasteiger partial charge on any atom is -0.364 e. The van der Waals surface area contributed by atoms with Gasteiger partial charge in [0.2, 0.25) is 10.0 Å². The van der Waals surface area contributed by atoms with E-state index in [-0.39, 0.29) is 0 Å². The lowest BCUT2D eigenvalue weighted by Gasteiger charge is -2.24. The first-order chi connectivity index (χ1) is 13.1. The molecule has 0 radical (unpaired) electrons. The Morgan fingerprint density at radius 2 is 1.85 bits per heavy atom. The lowest BCUT2D eigenvalue weighted by molar-refractivity contribution is 0.418. The number of fused-ring (bicyclic) bond motifs is 1. The first-order valence-electron chi connectivity index (χ1n) is 8.91. The van der Waals surface area contributed by atoms with Crippen LogP contribution in [0.25, 0.3) is 0 Å². The number of hydrogen-bond acceptors (Lipinski definition) is 4. The quantitative estimate of drug-likeness (QED) is 0.753. The van der Waals surface area contributed by atoms with E-state index in [2.05, 4.69) is 20.9 Å². The van der Waals surface area contributed by atoms with Crippen LogP contribution < -0.4 is 4.90 Å². The number of nitrogens with one attached hydrogen (secondary N) is 1. The molecule has 1 aliphatic rings. The molecule has 0 bridgehead atoms. The van der Waals surface area contributed by atoms with Crippen LogP contribution in [0.3, 0.4) is 0 Å². The molecule has 0 spiro atoms. The first-order valence-corrected chi connectivity index (χ1v) is 10.4. The van der Waals surface area contributed by atoms with Gasteiger partial charge in [0.15, 0.2) is 0 Å². The Morgan fingerprint density at radius 3 is 2.63 bits per heavy atom. The molecule has 1 aromatic heterocycles. The maximum Gasteiger partial charge on any atom is 0.243 e. The Balaban J connectivity index is 1.68. The molecular formula is C20H22N4O2S. The molecule has 140 valence electrons. The summed E-state index contributed by atoms with van der Waals surface area (Å²) in [7, 11) is -3.56. The van der Waals surface area contributed by atoms with E-state index in [0.717, 1.165) is 22.5 Å². The summed E-state index contributed by atoms with van der Waals surface area (Å²) >= 11 is 0. The molecule has 0 saturated heterocycles. The minimum atomic E-state index is -3.56. The van der Waals surface area contributed by atoms with E-state index < -0.39 is 10.0 Å². The standard InChI is InChI=1S/C20H22N4O2S/c1-16-6-2-5-9-20(16)27(25,26)24-11-10-23(14-18-12-21-15-22-18)19-8-4-3-7-17(19)13-24/h2-9,12,15H,10-11,13-14H2,1H3,(H,21,22). The molecule has 7 heteroatoms. The number of imidazole rings is 1. The van der Waals surface area contributed by atoms with Crippen LogP contribution in [0.5, 0.6) is 0 Å². The summed E-state index contributed by atoms with van der Waals surface area (Å²) in [6.07, 6.45) is 3.46.